The maximum atomic E-state index is 12.4. The summed E-state index contributed by atoms with van der Waals surface area (Å²) in [5.74, 6) is 0. The molecule has 1 aliphatic carbocycles. The number of hydrogen-bond acceptors (Lipinski definition) is 2. The van der Waals surface area contributed by atoms with Gasteiger partial charge >= 0.3 is 6.09 Å². The third-order valence-corrected chi connectivity index (χ3v) is 2.23. The first-order chi connectivity index (χ1) is 7.25. The van der Waals surface area contributed by atoms with Gasteiger partial charge in [0, 0.05) is 6.42 Å². The molecular formula is C11H12FNO2. The van der Waals surface area contributed by atoms with E-state index >= 15 is 0 Å². The van der Waals surface area contributed by atoms with Crippen LogP contribution in [-0.2, 0) is 11.3 Å². The van der Waals surface area contributed by atoms with E-state index in [2.05, 4.69) is 5.32 Å². The summed E-state index contributed by atoms with van der Waals surface area (Å²) in [6.07, 6.45) is -1.04. The molecule has 0 radical (unpaired) electrons. The number of alkyl carbamates (subject to hydrolysis) is 1. The highest BCUT2D eigenvalue weighted by molar-refractivity contribution is 5.68. The Morgan fingerprint density at radius 1 is 1.47 bits per heavy atom. The van der Waals surface area contributed by atoms with E-state index < -0.39 is 12.3 Å². The number of alkyl halides is 1. The van der Waals surface area contributed by atoms with Gasteiger partial charge in [-0.25, -0.2) is 9.18 Å². The number of carbonyl (C=O) groups excluding carboxylic acids is 1. The third-order valence-electron chi connectivity index (χ3n) is 2.23. The molecule has 4 heteroatoms. The van der Waals surface area contributed by atoms with E-state index in [-0.39, 0.29) is 12.6 Å². The Bertz CT molecular complexity index is 342. The molecule has 15 heavy (non-hydrogen) atoms. The first-order valence-electron chi connectivity index (χ1n) is 4.87. The van der Waals surface area contributed by atoms with E-state index in [1.807, 2.05) is 30.3 Å². The molecule has 1 saturated carbocycles. The second-order valence-corrected chi connectivity index (χ2v) is 3.56. The van der Waals surface area contributed by atoms with E-state index in [0.29, 0.717) is 6.42 Å². The van der Waals surface area contributed by atoms with Gasteiger partial charge in [0.2, 0.25) is 0 Å². The monoisotopic (exact) mass is 209 g/mol. The number of halogens is 1. The average molecular weight is 209 g/mol. The molecule has 1 aromatic rings. The summed E-state index contributed by atoms with van der Waals surface area (Å²) in [6, 6.07) is 9.02. The molecule has 1 amide bonds. The molecule has 1 fully saturated rings. The van der Waals surface area contributed by atoms with Crippen LogP contribution in [-0.4, -0.2) is 18.3 Å². The molecule has 0 aliphatic heterocycles. The minimum atomic E-state index is -0.894. The molecule has 1 aromatic carbocycles. The lowest BCUT2D eigenvalue weighted by atomic mass is 10.2. The van der Waals surface area contributed by atoms with Gasteiger partial charge in [-0.2, -0.15) is 0 Å². The standard InChI is InChI=1S/C11H12FNO2/c12-9-6-10(9)13-11(14)15-7-8-4-2-1-3-5-8/h1-5,9-10H,6-7H2,(H,13,14)/t9-,10+/m1/s1. The third kappa shape index (κ3) is 2.94. The smallest absolute Gasteiger partial charge is 0.407 e. The van der Waals surface area contributed by atoms with Crippen molar-refractivity contribution < 1.29 is 13.9 Å². The van der Waals surface area contributed by atoms with Gasteiger partial charge in [0.25, 0.3) is 0 Å². The van der Waals surface area contributed by atoms with E-state index in [9.17, 15) is 9.18 Å². The van der Waals surface area contributed by atoms with Gasteiger partial charge in [-0.3, -0.25) is 0 Å². The molecule has 0 bridgehead atoms. The van der Waals surface area contributed by atoms with E-state index in [1.165, 1.54) is 0 Å². The number of rotatable bonds is 3. The predicted octanol–water partition coefficient (Wildman–Crippen LogP) is 2.02. The number of amides is 1. The normalized spacial score (nSPS) is 23.3. The molecule has 0 unspecified atom stereocenters. The van der Waals surface area contributed by atoms with Crippen LogP contribution >= 0.6 is 0 Å². The summed E-state index contributed by atoms with van der Waals surface area (Å²) in [4.78, 5) is 11.1. The summed E-state index contributed by atoms with van der Waals surface area (Å²) in [5, 5.41) is 2.44. The maximum absolute atomic E-state index is 12.4. The molecule has 1 aliphatic rings. The number of benzene rings is 1. The summed E-state index contributed by atoms with van der Waals surface area (Å²) in [6.45, 7) is 0.219. The van der Waals surface area contributed by atoms with Crippen molar-refractivity contribution in [2.24, 2.45) is 0 Å². The molecule has 2 rings (SSSR count). The Balaban J connectivity index is 1.71. The SMILES string of the molecule is O=C(N[C@H]1C[C@H]1F)OCc1ccccc1. The molecule has 3 nitrogen and oxygen atoms in total. The fourth-order valence-electron chi connectivity index (χ4n) is 1.23. The van der Waals surface area contributed by atoms with Crippen molar-refractivity contribution >= 4 is 6.09 Å². The van der Waals surface area contributed by atoms with Crippen LogP contribution in [0.2, 0.25) is 0 Å². The fourth-order valence-corrected chi connectivity index (χ4v) is 1.23. The number of hydrogen-bond donors (Lipinski definition) is 1. The van der Waals surface area contributed by atoms with Crippen LogP contribution in [0.15, 0.2) is 30.3 Å². The van der Waals surface area contributed by atoms with Gasteiger partial charge in [0.1, 0.15) is 12.8 Å². The molecule has 0 aromatic heterocycles. The molecule has 80 valence electrons. The van der Waals surface area contributed by atoms with Crippen molar-refractivity contribution in [3.8, 4) is 0 Å². The van der Waals surface area contributed by atoms with Crippen molar-refractivity contribution in [2.45, 2.75) is 25.2 Å². The lowest BCUT2D eigenvalue weighted by molar-refractivity contribution is 0.138. The van der Waals surface area contributed by atoms with E-state index in [4.69, 9.17) is 4.74 Å². The van der Waals surface area contributed by atoms with Gasteiger partial charge in [-0.1, -0.05) is 30.3 Å². The summed E-state index contributed by atoms with van der Waals surface area (Å²) >= 11 is 0. The van der Waals surface area contributed by atoms with E-state index in [1.54, 1.807) is 0 Å². The van der Waals surface area contributed by atoms with Crippen LogP contribution in [0.4, 0.5) is 9.18 Å². The van der Waals surface area contributed by atoms with Gasteiger partial charge in [0.05, 0.1) is 6.04 Å². The maximum Gasteiger partial charge on any atom is 0.407 e. The predicted molar refractivity (Wildman–Crippen MR) is 53.1 cm³/mol. The van der Waals surface area contributed by atoms with Crippen LogP contribution in [0.25, 0.3) is 0 Å². The van der Waals surface area contributed by atoms with Gasteiger partial charge in [0.15, 0.2) is 0 Å². The Hall–Kier alpha value is -1.58. The largest absolute Gasteiger partial charge is 0.445 e. The van der Waals surface area contributed by atoms with Crippen LogP contribution in [0.5, 0.6) is 0 Å². The number of nitrogens with one attached hydrogen (secondary N) is 1. The van der Waals surface area contributed by atoms with Crippen molar-refractivity contribution in [3.63, 3.8) is 0 Å². The van der Waals surface area contributed by atoms with Crippen LogP contribution in [0.3, 0.4) is 0 Å². The van der Waals surface area contributed by atoms with E-state index in [0.717, 1.165) is 5.56 Å². The topological polar surface area (TPSA) is 38.3 Å². The molecule has 2 atom stereocenters. The molecule has 0 spiro atoms. The van der Waals surface area contributed by atoms with Crippen LogP contribution in [0, 0.1) is 0 Å². The van der Waals surface area contributed by atoms with Gasteiger partial charge < -0.3 is 10.1 Å². The summed E-state index contributed by atoms with van der Waals surface area (Å²) in [5.41, 5.74) is 0.917. The van der Waals surface area contributed by atoms with Crippen molar-refractivity contribution in [1.29, 1.82) is 0 Å². The Morgan fingerprint density at radius 2 is 2.13 bits per heavy atom. The Kier molecular flexibility index (Phi) is 2.85. The first kappa shape index (κ1) is 9.96. The summed E-state index contributed by atoms with van der Waals surface area (Å²) < 4.78 is 17.3. The number of ether oxygens (including phenoxy) is 1. The van der Waals surface area contributed by atoms with Crippen molar-refractivity contribution in [1.82, 2.24) is 5.32 Å². The summed E-state index contributed by atoms with van der Waals surface area (Å²) in [7, 11) is 0. The lowest BCUT2D eigenvalue weighted by Crippen LogP contribution is -2.27. The first-order valence-corrected chi connectivity index (χ1v) is 4.87. The van der Waals surface area contributed by atoms with Gasteiger partial charge in [-0.05, 0) is 5.56 Å². The Labute approximate surface area is 87.2 Å². The second-order valence-electron chi connectivity index (χ2n) is 3.56. The molecule has 0 heterocycles. The number of carbonyl (C=O) groups is 1. The highest BCUT2D eigenvalue weighted by Gasteiger charge is 2.39. The van der Waals surface area contributed by atoms with Crippen molar-refractivity contribution in [3.05, 3.63) is 35.9 Å². The second kappa shape index (κ2) is 4.29. The highest BCUT2D eigenvalue weighted by Crippen LogP contribution is 2.24. The molecule has 1 N–H and O–H groups in total. The minimum absolute atomic E-state index is 0.219. The zero-order valence-electron chi connectivity index (χ0n) is 8.15. The molecule has 0 saturated heterocycles. The van der Waals surface area contributed by atoms with Crippen molar-refractivity contribution in [2.75, 3.05) is 0 Å². The molecular weight excluding hydrogens is 197 g/mol. The zero-order chi connectivity index (χ0) is 10.7. The lowest BCUT2D eigenvalue weighted by Gasteiger charge is -2.05. The highest BCUT2D eigenvalue weighted by atomic mass is 19.1. The van der Waals surface area contributed by atoms with Crippen LogP contribution in [0.1, 0.15) is 12.0 Å². The quantitative estimate of drug-likeness (QED) is 0.827. The van der Waals surface area contributed by atoms with Gasteiger partial charge in [-0.15, -0.1) is 0 Å². The average Bonchev–Trinajstić information content (AvgIpc) is 2.93. The Morgan fingerprint density at radius 3 is 2.73 bits per heavy atom. The van der Waals surface area contributed by atoms with Crippen LogP contribution < -0.4 is 5.32 Å². The fraction of sp³-hybridized carbons (Fsp3) is 0.364. The minimum Gasteiger partial charge on any atom is -0.445 e. The zero-order valence-corrected chi connectivity index (χ0v) is 8.15.